The predicted molar refractivity (Wildman–Crippen MR) is 98.7 cm³/mol. The third kappa shape index (κ3) is 11.8. The summed E-state index contributed by atoms with van der Waals surface area (Å²) in [5.74, 6) is 1.14. The summed E-state index contributed by atoms with van der Waals surface area (Å²) in [5.41, 5.74) is 0. The zero-order valence-electron chi connectivity index (χ0n) is 15.4. The first-order chi connectivity index (χ1) is 9.99. The van der Waals surface area contributed by atoms with Crippen molar-refractivity contribution < 1.29 is 0 Å². The van der Waals surface area contributed by atoms with Gasteiger partial charge in [-0.2, -0.15) is 0 Å². The van der Waals surface area contributed by atoms with E-state index in [1.54, 1.807) is 0 Å². The lowest BCUT2D eigenvalue weighted by Gasteiger charge is -2.27. The lowest BCUT2D eigenvalue weighted by atomic mass is 10.1. The van der Waals surface area contributed by atoms with Gasteiger partial charge in [-0.05, 0) is 6.42 Å². The Bertz CT molecular complexity index is 265. The van der Waals surface area contributed by atoms with E-state index in [0.29, 0.717) is 0 Å². The smallest absolute Gasteiger partial charge is 0.195 e. The highest BCUT2D eigenvalue weighted by Gasteiger charge is 2.10. The number of hydrogen-bond donors (Lipinski definition) is 0. The lowest BCUT2D eigenvalue weighted by Crippen LogP contribution is -2.42. The molecule has 0 saturated heterocycles. The molecule has 0 aromatic heterocycles. The minimum atomic E-state index is -0.242. The van der Waals surface area contributed by atoms with Gasteiger partial charge in [-0.25, -0.2) is 0 Å². The van der Waals surface area contributed by atoms with Crippen LogP contribution in [0.4, 0.5) is 0 Å². The lowest BCUT2D eigenvalue weighted by molar-refractivity contribution is 0.461. The molecule has 0 aromatic rings. The minimum absolute atomic E-state index is 0.242. The third-order valence-corrected chi connectivity index (χ3v) is 4.67. The van der Waals surface area contributed by atoms with Crippen LogP contribution < -0.4 is 0 Å². The van der Waals surface area contributed by atoms with E-state index in [2.05, 4.69) is 51.0 Å². The van der Waals surface area contributed by atoms with Crippen molar-refractivity contribution in [1.82, 2.24) is 9.80 Å². The molecule has 0 spiro atoms. The van der Waals surface area contributed by atoms with Gasteiger partial charge >= 0.3 is 0 Å². The second-order valence-corrected chi connectivity index (χ2v) is 9.34. The Morgan fingerprint density at radius 1 is 0.857 bits per heavy atom. The van der Waals surface area contributed by atoms with Crippen LogP contribution in [-0.4, -0.2) is 58.4 Å². The molecule has 3 nitrogen and oxygen atoms in total. The number of nitrogens with zero attached hydrogens (tertiary/aromatic N) is 3. The van der Waals surface area contributed by atoms with Crippen LogP contribution in [0.25, 0.3) is 0 Å². The van der Waals surface area contributed by atoms with Crippen molar-refractivity contribution >= 4 is 14.8 Å². The van der Waals surface area contributed by atoms with Gasteiger partial charge in [-0.3, -0.25) is 4.99 Å². The third-order valence-electron chi connectivity index (χ3n) is 3.56. The van der Waals surface area contributed by atoms with Crippen molar-refractivity contribution in [3.05, 3.63) is 0 Å². The molecule has 0 aliphatic rings. The second kappa shape index (κ2) is 13.2. The molecule has 0 heterocycles. The monoisotopic (exact) mass is 312 g/mol. The molecule has 21 heavy (non-hydrogen) atoms. The van der Waals surface area contributed by atoms with Gasteiger partial charge < -0.3 is 9.80 Å². The van der Waals surface area contributed by atoms with Gasteiger partial charge in [0.15, 0.2) is 5.96 Å². The molecular formula is C17H38N3Si. The SMILES string of the molecule is CCCCCCCCCCN=C(N(C)C)N(C)C[Si](C)C. The molecule has 0 fully saturated rings. The van der Waals surface area contributed by atoms with Gasteiger partial charge in [0.25, 0.3) is 0 Å². The quantitative estimate of drug-likeness (QED) is 0.245. The summed E-state index contributed by atoms with van der Waals surface area (Å²) in [7, 11) is 6.12. The fourth-order valence-electron chi connectivity index (χ4n) is 2.57. The molecule has 0 N–H and O–H groups in total. The molecule has 0 rings (SSSR count). The maximum atomic E-state index is 4.81. The summed E-state index contributed by atoms with van der Waals surface area (Å²) in [4.78, 5) is 9.28. The second-order valence-electron chi connectivity index (χ2n) is 6.61. The molecule has 125 valence electrons. The van der Waals surface area contributed by atoms with Crippen LogP contribution in [0.3, 0.4) is 0 Å². The van der Waals surface area contributed by atoms with E-state index in [4.69, 9.17) is 4.99 Å². The van der Waals surface area contributed by atoms with Gasteiger partial charge in [0, 0.05) is 33.9 Å². The summed E-state index contributed by atoms with van der Waals surface area (Å²) in [6, 6.07) is 0. The molecule has 0 aliphatic carbocycles. The first kappa shape index (κ1) is 20.5. The van der Waals surface area contributed by atoms with Crippen molar-refractivity contribution in [2.24, 2.45) is 4.99 Å². The van der Waals surface area contributed by atoms with Crippen LogP contribution in [0.2, 0.25) is 13.1 Å². The molecule has 0 amide bonds. The van der Waals surface area contributed by atoms with Gasteiger partial charge in [0.2, 0.25) is 0 Å². The highest BCUT2D eigenvalue weighted by atomic mass is 28.3. The zero-order valence-corrected chi connectivity index (χ0v) is 16.4. The molecule has 0 aromatic carbocycles. The van der Waals surface area contributed by atoms with E-state index in [0.717, 1.165) is 12.5 Å². The van der Waals surface area contributed by atoms with Crippen molar-refractivity contribution in [3.8, 4) is 0 Å². The Morgan fingerprint density at radius 3 is 1.86 bits per heavy atom. The average Bonchev–Trinajstić information content (AvgIpc) is 2.39. The first-order valence-electron chi connectivity index (χ1n) is 8.71. The number of hydrogen-bond acceptors (Lipinski definition) is 1. The van der Waals surface area contributed by atoms with Crippen LogP contribution >= 0.6 is 0 Å². The maximum Gasteiger partial charge on any atom is 0.195 e. The van der Waals surface area contributed by atoms with Crippen molar-refractivity contribution in [1.29, 1.82) is 0 Å². The number of rotatable bonds is 11. The summed E-state index contributed by atoms with van der Waals surface area (Å²) in [6.07, 6.45) is 12.1. The van der Waals surface area contributed by atoms with E-state index < -0.39 is 0 Å². The van der Waals surface area contributed by atoms with E-state index in [9.17, 15) is 0 Å². The number of guanidine groups is 1. The Kier molecular flexibility index (Phi) is 12.8. The van der Waals surface area contributed by atoms with E-state index in [-0.39, 0.29) is 8.80 Å². The van der Waals surface area contributed by atoms with Crippen molar-refractivity contribution in [2.45, 2.75) is 71.4 Å². The molecule has 0 unspecified atom stereocenters. The zero-order chi connectivity index (χ0) is 16.1. The Morgan fingerprint density at radius 2 is 1.38 bits per heavy atom. The molecule has 1 radical (unpaired) electrons. The normalized spacial score (nSPS) is 12.0. The Labute approximate surface area is 135 Å². The van der Waals surface area contributed by atoms with Crippen LogP contribution in [0, 0.1) is 0 Å². The fourth-order valence-corrected chi connectivity index (χ4v) is 3.66. The molecule has 0 aliphatic heterocycles. The standard InChI is InChI=1S/C17H38N3Si/c1-7-8-9-10-11-12-13-14-15-18-17(19(2)3)20(4)16-21(5)6/h7-16H2,1-6H3. The van der Waals surface area contributed by atoms with Crippen molar-refractivity contribution in [3.63, 3.8) is 0 Å². The van der Waals surface area contributed by atoms with E-state index in [1.807, 2.05) is 0 Å². The predicted octanol–water partition coefficient (Wildman–Crippen LogP) is 4.27. The molecular weight excluding hydrogens is 274 g/mol. The highest BCUT2D eigenvalue weighted by Crippen LogP contribution is 2.08. The van der Waals surface area contributed by atoms with Gasteiger partial charge in [-0.1, -0.05) is 65.0 Å². The first-order valence-corrected chi connectivity index (χ1v) is 11.4. The van der Waals surface area contributed by atoms with Crippen LogP contribution in [0.1, 0.15) is 58.3 Å². The van der Waals surface area contributed by atoms with Crippen LogP contribution in [0.15, 0.2) is 4.99 Å². The highest BCUT2D eigenvalue weighted by molar-refractivity contribution is 6.56. The number of aliphatic imine (C=N–C) groups is 1. The maximum absolute atomic E-state index is 4.81. The summed E-state index contributed by atoms with van der Waals surface area (Å²) < 4.78 is 0. The Hall–Kier alpha value is -0.513. The summed E-state index contributed by atoms with van der Waals surface area (Å²) in [5, 5.41) is 0. The topological polar surface area (TPSA) is 18.8 Å². The van der Waals surface area contributed by atoms with Crippen LogP contribution in [0.5, 0.6) is 0 Å². The molecule has 0 saturated carbocycles. The average molecular weight is 313 g/mol. The van der Waals surface area contributed by atoms with Gasteiger partial charge in [0.05, 0.1) is 8.80 Å². The van der Waals surface area contributed by atoms with E-state index in [1.165, 1.54) is 57.5 Å². The van der Waals surface area contributed by atoms with Gasteiger partial charge in [0.1, 0.15) is 0 Å². The molecule has 0 bridgehead atoms. The molecule has 4 heteroatoms. The summed E-state index contributed by atoms with van der Waals surface area (Å²) in [6.45, 7) is 7.96. The van der Waals surface area contributed by atoms with E-state index >= 15 is 0 Å². The molecule has 0 atom stereocenters. The Balaban J connectivity index is 3.84. The fraction of sp³-hybridized carbons (Fsp3) is 0.941. The van der Waals surface area contributed by atoms with Gasteiger partial charge in [-0.15, -0.1) is 0 Å². The largest absolute Gasteiger partial charge is 0.349 e. The minimum Gasteiger partial charge on any atom is -0.349 e. The summed E-state index contributed by atoms with van der Waals surface area (Å²) >= 11 is 0. The van der Waals surface area contributed by atoms with Crippen LogP contribution in [-0.2, 0) is 0 Å². The number of unbranched alkanes of at least 4 members (excludes halogenated alkanes) is 7. The van der Waals surface area contributed by atoms with Crippen molar-refractivity contribution in [2.75, 3.05) is 33.9 Å².